The van der Waals surface area contributed by atoms with Gasteiger partial charge in [0, 0.05) is 24.8 Å². The van der Waals surface area contributed by atoms with E-state index in [-0.39, 0.29) is 11.9 Å². The van der Waals surface area contributed by atoms with Crippen LogP contribution in [0.3, 0.4) is 0 Å². The van der Waals surface area contributed by atoms with Crippen LogP contribution in [0, 0.1) is 0 Å². The van der Waals surface area contributed by atoms with Crippen LogP contribution >= 0.6 is 0 Å². The molecule has 1 aromatic carbocycles. The molecule has 0 bridgehead atoms. The largest absolute Gasteiger partial charge is 0.508 e. The molecular formula is C11H15NO2. The number of aromatic hydroxyl groups is 1. The summed E-state index contributed by atoms with van der Waals surface area (Å²) < 4.78 is 0. The van der Waals surface area contributed by atoms with E-state index in [2.05, 4.69) is 4.90 Å². The van der Waals surface area contributed by atoms with E-state index in [9.17, 15) is 10.2 Å². The Labute approximate surface area is 83.6 Å². The molecule has 0 amide bonds. The Morgan fingerprint density at radius 2 is 2.21 bits per heavy atom. The highest BCUT2D eigenvalue weighted by atomic mass is 16.3. The molecule has 1 heterocycles. The van der Waals surface area contributed by atoms with Crippen LogP contribution in [0.4, 0.5) is 5.69 Å². The SMILES string of the molecule is Oc1cccc(N2CCCC(O)C2)c1. The maximum Gasteiger partial charge on any atom is 0.117 e. The number of benzene rings is 1. The first-order valence-corrected chi connectivity index (χ1v) is 4.98. The Hall–Kier alpha value is -1.22. The van der Waals surface area contributed by atoms with Crippen molar-refractivity contribution in [1.82, 2.24) is 0 Å². The lowest BCUT2D eigenvalue weighted by Crippen LogP contribution is -2.38. The minimum Gasteiger partial charge on any atom is -0.508 e. The number of hydrogen-bond donors (Lipinski definition) is 2. The molecule has 0 radical (unpaired) electrons. The first-order chi connectivity index (χ1) is 6.75. The third-order valence-corrected chi connectivity index (χ3v) is 2.59. The first-order valence-electron chi connectivity index (χ1n) is 4.98. The number of phenols is 1. The van der Waals surface area contributed by atoms with E-state index >= 15 is 0 Å². The molecule has 2 N–H and O–H groups in total. The average molecular weight is 193 g/mol. The van der Waals surface area contributed by atoms with Crippen molar-refractivity contribution in [2.45, 2.75) is 18.9 Å². The highest BCUT2D eigenvalue weighted by Gasteiger charge is 2.17. The Balaban J connectivity index is 2.14. The van der Waals surface area contributed by atoms with Crippen molar-refractivity contribution >= 4 is 5.69 Å². The third kappa shape index (κ3) is 1.99. The molecule has 1 unspecified atom stereocenters. The van der Waals surface area contributed by atoms with Gasteiger partial charge in [0.05, 0.1) is 6.10 Å². The zero-order valence-electron chi connectivity index (χ0n) is 8.06. The zero-order chi connectivity index (χ0) is 9.97. The van der Waals surface area contributed by atoms with Gasteiger partial charge < -0.3 is 15.1 Å². The lowest BCUT2D eigenvalue weighted by Gasteiger charge is -2.31. The number of hydrogen-bond acceptors (Lipinski definition) is 3. The van der Waals surface area contributed by atoms with Crippen LogP contribution in [-0.2, 0) is 0 Å². The molecule has 0 aliphatic carbocycles. The van der Waals surface area contributed by atoms with Gasteiger partial charge in [-0.3, -0.25) is 0 Å². The van der Waals surface area contributed by atoms with Crippen molar-refractivity contribution in [3.63, 3.8) is 0 Å². The fourth-order valence-electron chi connectivity index (χ4n) is 1.88. The highest BCUT2D eigenvalue weighted by Crippen LogP contribution is 2.23. The zero-order valence-corrected chi connectivity index (χ0v) is 8.06. The summed E-state index contributed by atoms with van der Waals surface area (Å²) in [5.74, 6) is 0.280. The molecule has 1 aliphatic heterocycles. The van der Waals surface area contributed by atoms with Gasteiger partial charge in [0.1, 0.15) is 5.75 Å². The van der Waals surface area contributed by atoms with Crippen LogP contribution in [0.1, 0.15) is 12.8 Å². The van der Waals surface area contributed by atoms with Gasteiger partial charge in [-0.15, -0.1) is 0 Å². The molecule has 3 heteroatoms. The van der Waals surface area contributed by atoms with E-state index in [1.54, 1.807) is 12.1 Å². The Morgan fingerprint density at radius 3 is 2.93 bits per heavy atom. The van der Waals surface area contributed by atoms with Gasteiger partial charge in [0.2, 0.25) is 0 Å². The van der Waals surface area contributed by atoms with E-state index in [0.29, 0.717) is 6.54 Å². The van der Waals surface area contributed by atoms with Crippen molar-refractivity contribution in [2.24, 2.45) is 0 Å². The van der Waals surface area contributed by atoms with Gasteiger partial charge >= 0.3 is 0 Å². The summed E-state index contributed by atoms with van der Waals surface area (Å²) in [4.78, 5) is 2.11. The molecule has 3 nitrogen and oxygen atoms in total. The Kier molecular flexibility index (Phi) is 2.59. The molecule has 14 heavy (non-hydrogen) atoms. The first kappa shape index (κ1) is 9.34. The lowest BCUT2D eigenvalue weighted by molar-refractivity contribution is 0.154. The second-order valence-corrected chi connectivity index (χ2v) is 3.76. The minimum atomic E-state index is -0.230. The number of β-amino-alcohol motifs (C(OH)–C–C–N with tert-alkyl or cyclic N) is 1. The van der Waals surface area contributed by atoms with Gasteiger partial charge in [0.15, 0.2) is 0 Å². The van der Waals surface area contributed by atoms with Crippen LogP contribution in [-0.4, -0.2) is 29.4 Å². The van der Waals surface area contributed by atoms with Gasteiger partial charge in [-0.05, 0) is 25.0 Å². The predicted molar refractivity (Wildman–Crippen MR) is 55.6 cm³/mol. The van der Waals surface area contributed by atoms with Crippen LogP contribution in [0.5, 0.6) is 5.75 Å². The lowest BCUT2D eigenvalue weighted by atomic mass is 10.1. The van der Waals surface area contributed by atoms with Crippen LogP contribution in [0.15, 0.2) is 24.3 Å². The maximum atomic E-state index is 9.51. The molecule has 0 aromatic heterocycles. The number of anilines is 1. The molecule has 1 fully saturated rings. The van der Waals surface area contributed by atoms with Crippen molar-refractivity contribution in [3.05, 3.63) is 24.3 Å². The van der Waals surface area contributed by atoms with E-state index in [1.807, 2.05) is 12.1 Å². The normalized spacial score (nSPS) is 22.4. The molecule has 1 saturated heterocycles. The summed E-state index contributed by atoms with van der Waals surface area (Å²) in [6.07, 6.45) is 1.66. The predicted octanol–water partition coefficient (Wildman–Crippen LogP) is 1.35. The molecule has 0 saturated carbocycles. The minimum absolute atomic E-state index is 0.230. The monoisotopic (exact) mass is 193 g/mol. The summed E-state index contributed by atoms with van der Waals surface area (Å²) in [6, 6.07) is 7.17. The maximum absolute atomic E-state index is 9.51. The van der Waals surface area contributed by atoms with E-state index in [0.717, 1.165) is 25.1 Å². The fraction of sp³-hybridized carbons (Fsp3) is 0.455. The number of nitrogens with zero attached hydrogens (tertiary/aromatic N) is 1. The summed E-state index contributed by atoms with van der Waals surface area (Å²) in [5.41, 5.74) is 0.990. The number of rotatable bonds is 1. The number of piperidine rings is 1. The second kappa shape index (κ2) is 3.88. The quantitative estimate of drug-likeness (QED) is 0.707. The van der Waals surface area contributed by atoms with Crippen LogP contribution < -0.4 is 4.90 Å². The van der Waals surface area contributed by atoms with Crippen molar-refractivity contribution in [2.75, 3.05) is 18.0 Å². The van der Waals surface area contributed by atoms with Gasteiger partial charge in [-0.2, -0.15) is 0 Å². The smallest absolute Gasteiger partial charge is 0.117 e. The summed E-state index contributed by atoms with van der Waals surface area (Å²) in [5, 5.41) is 18.8. The van der Waals surface area contributed by atoms with Crippen LogP contribution in [0.2, 0.25) is 0 Å². The number of phenolic OH excluding ortho intramolecular Hbond substituents is 1. The van der Waals surface area contributed by atoms with Gasteiger partial charge in [-0.25, -0.2) is 0 Å². The molecule has 2 rings (SSSR count). The van der Waals surface area contributed by atoms with Crippen molar-refractivity contribution < 1.29 is 10.2 Å². The van der Waals surface area contributed by atoms with Gasteiger partial charge in [-0.1, -0.05) is 6.07 Å². The Morgan fingerprint density at radius 1 is 1.36 bits per heavy atom. The van der Waals surface area contributed by atoms with Crippen molar-refractivity contribution in [1.29, 1.82) is 0 Å². The molecule has 1 atom stereocenters. The average Bonchev–Trinajstić information content (AvgIpc) is 2.18. The summed E-state index contributed by atoms with van der Waals surface area (Å²) >= 11 is 0. The topological polar surface area (TPSA) is 43.7 Å². The third-order valence-electron chi connectivity index (χ3n) is 2.59. The second-order valence-electron chi connectivity index (χ2n) is 3.76. The van der Waals surface area contributed by atoms with Crippen LogP contribution in [0.25, 0.3) is 0 Å². The molecule has 1 aromatic rings. The standard InChI is InChI=1S/C11H15NO2/c13-10-4-1-3-9(7-10)12-6-2-5-11(14)8-12/h1,3-4,7,11,13-14H,2,5-6,8H2. The summed E-state index contributed by atoms with van der Waals surface area (Å²) in [7, 11) is 0. The fourth-order valence-corrected chi connectivity index (χ4v) is 1.88. The molecule has 1 aliphatic rings. The molecular weight excluding hydrogens is 178 g/mol. The number of aliphatic hydroxyl groups excluding tert-OH is 1. The Bertz CT molecular complexity index is 314. The van der Waals surface area contributed by atoms with E-state index < -0.39 is 0 Å². The number of aliphatic hydroxyl groups is 1. The van der Waals surface area contributed by atoms with Gasteiger partial charge in [0.25, 0.3) is 0 Å². The highest BCUT2D eigenvalue weighted by molar-refractivity contribution is 5.50. The van der Waals surface area contributed by atoms with Crippen molar-refractivity contribution in [3.8, 4) is 5.75 Å². The summed E-state index contributed by atoms with van der Waals surface area (Å²) in [6.45, 7) is 1.63. The molecule has 0 spiro atoms. The van der Waals surface area contributed by atoms with E-state index in [1.165, 1.54) is 0 Å². The molecule has 76 valence electrons. The van der Waals surface area contributed by atoms with E-state index in [4.69, 9.17) is 0 Å².